The minimum atomic E-state index is -0.304. The molecule has 3 aliphatic heterocycles. The van der Waals surface area contributed by atoms with Crippen LogP contribution in [-0.4, -0.2) is 51.1 Å². The van der Waals surface area contributed by atoms with Crippen LogP contribution >= 0.6 is 23.8 Å². The van der Waals surface area contributed by atoms with Crippen molar-refractivity contribution in [3.63, 3.8) is 0 Å². The summed E-state index contributed by atoms with van der Waals surface area (Å²) in [5.41, 5.74) is 4.46. The number of nitrogens with one attached hydrogen (secondary N) is 1. The van der Waals surface area contributed by atoms with Gasteiger partial charge in [-0.05, 0) is 54.4 Å². The molecule has 3 aromatic rings. The Hall–Kier alpha value is -2.41. The van der Waals surface area contributed by atoms with Gasteiger partial charge in [0.2, 0.25) is 0 Å². The Morgan fingerprint density at radius 3 is 2.74 bits per heavy atom. The number of aromatic amines is 1. The fraction of sp³-hybridized carbons (Fsp3) is 0.333. The first-order valence-corrected chi connectivity index (χ1v) is 11.5. The van der Waals surface area contributed by atoms with Crippen LogP contribution in [0.2, 0.25) is 5.02 Å². The van der Waals surface area contributed by atoms with E-state index in [1.807, 2.05) is 36.4 Å². The lowest BCUT2D eigenvalue weighted by Crippen LogP contribution is -2.44. The van der Waals surface area contributed by atoms with Gasteiger partial charge in [0, 0.05) is 34.6 Å². The van der Waals surface area contributed by atoms with Gasteiger partial charge in [0.1, 0.15) is 6.04 Å². The molecule has 0 aliphatic carbocycles. The summed E-state index contributed by atoms with van der Waals surface area (Å²) in [4.78, 5) is 21.1. The normalized spacial score (nSPS) is 25.4. The predicted molar refractivity (Wildman–Crippen MR) is 124 cm³/mol. The van der Waals surface area contributed by atoms with E-state index in [0.29, 0.717) is 23.1 Å². The Bertz CT molecular complexity index is 1190. The van der Waals surface area contributed by atoms with Gasteiger partial charge in [0.15, 0.2) is 5.11 Å². The average molecular weight is 452 g/mol. The smallest absolute Gasteiger partial charge is 0.251 e. The zero-order chi connectivity index (χ0) is 21.1. The van der Waals surface area contributed by atoms with Crippen molar-refractivity contribution >= 4 is 45.7 Å². The number of carbonyl (C=O) groups excluding carboxylic acids is 1. The van der Waals surface area contributed by atoms with E-state index in [-0.39, 0.29) is 24.1 Å². The number of hydrogen-bond acceptors (Lipinski definition) is 3. The van der Waals surface area contributed by atoms with Crippen molar-refractivity contribution in [2.45, 2.75) is 37.5 Å². The molecule has 31 heavy (non-hydrogen) atoms. The number of rotatable bonds is 3. The fourth-order valence-electron chi connectivity index (χ4n) is 5.28. The van der Waals surface area contributed by atoms with E-state index in [1.54, 1.807) is 4.90 Å². The summed E-state index contributed by atoms with van der Waals surface area (Å²) < 4.78 is 5.80. The van der Waals surface area contributed by atoms with Crippen molar-refractivity contribution in [3.05, 3.63) is 70.4 Å². The molecule has 3 atom stereocenters. The van der Waals surface area contributed by atoms with E-state index < -0.39 is 0 Å². The van der Waals surface area contributed by atoms with E-state index in [1.165, 1.54) is 10.9 Å². The maximum Gasteiger partial charge on any atom is 0.251 e. The van der Waals surface area contributed by atoms with E-state index in [9.17, 15) is 4.79 Å². The Morgan fingerprint density at radius 1 is 1.16 bits per heavy atom. The van der Waals surface area contributed by atoms with Crippen LogP contribution in [0.5, 0.6) is 0 Å². The molecule has 1 amide bonds. The molecule has 0 spiro atoms. The van der Waals surface area contributed by atoms with Crippen molar-refractivity contribution in [2.24, 2.45) is 0 Å². The number of halogens is 1. The molecule has 7 heteroatoms. The van der Waals surface area contributed by atoms with Gasteiger partial charge in [0.25, 0.3) is 5.91 Å². The highest BCUT2D eigenvalue weighted by atomic mass is 35.5. The van der Waals surface area contributed by atoms with Gasteiger partial charge in [-0.2, -0.15) is 0 Å². The van der Waals surface area contributed by atoms with Crippen LogP contribution < -0.4 is 0 Å². The van der Waals surface area contributed by atoms with Crippen molar-refractivity contribution in [2.75, 3.05) is 13.2 Å². The predicted octanol–water partition coefficient (Wildman–Crippen LogP) is 4.44. The molecular weight excluding hydrogens is 430 g/mol. The van der Waals surface area contributed by atoms with Gasteiger partial charge in [-0.25, -0.2) is 0 Å². The third-order valence-corrected chi connectivity index (χ3v) is 7.41. The number of carbonyl (C=O) groups is 1. The van der Waals surface area contributed by atoms with Gasteiger partial charge >= 0.3 is 0 Å². The van der Waals surface area contributed by atoms with Crippen LogP contribution in [-0.2, 0) is 16.0 Å². The summed E-state index contributed by atoms with van der Waals surface area (Å²) in [6, 6.07) is 15.7. The lowest BCUT2D eigenvalue weighted by Gasteiger charge is -2.37. The van der Waals surface area contributed by atoms with Gasteiger partial charge in [0.05, 0.1) is 18.7 Å². The van der Waals surface area contributed by atoms with E-state index in [0.717, 1.165) is 36.2 Å². The molecule has 0 unspecified atom stereocenters. The van der Waals surface area contributed by atoms with E-state index in [2.05, 4.69) is 22.0 Å². The summed E-state index contributed by atoms with van der Waals surface area (Å²) in [6.45, 7) is 1.29. The van der Waals surface area contributed by atoms with Gasteiger partial charge < -0.3 is 14.6 Å². The number of hydrogen-bond donors (Lipinski definition) is 1. The number of amides is 1. The molecule has 0 radical (unpaired) electrons. The third kappa shape index (κ3) is 3.00. The second kappa shape index (κ2) is 7.33. The van der Waals surface area contributed by atoms with Gasteiger partial charge in [-0.15, -0.1) is 0 Å². The number of nitrogens with zero attached hydrogens (tertiary/aromatic N) is 2. The molecule has 158 valence electrons. The van der Waals surface area contributed by atoms with Crippen LogP contribution in [0.3, 0.4) is 0 Å². The first-order valence-electron chi connectivity index (χ1n) is 10.7. The molecule has 2 aromatic carbocycles. The summed E-state index contributed by atoms with van der Waals surface area (Å²) in [5.74, 6) is 0.0791. The highest BCUT2D eigenvalue weighted by molar-refractivity contribution is 7.80. The summed E-state index contributed by atoms with van der Waals surface area (Å²) >= 11 is 12.1. The maximum absolute atomic E-state index is 13.5. The molecule has 6 rings (SSSR count). The van der Waals surface area contributed by atoms with Crippen LogP contribution in [0.25, 0.3) is 10.9 Å². The molecule has 5 nitrogen and oxygen atoms in total. The molecule has 3 aliphatic rings. The standard InChI is InChI=1S/C24H22ClN3O2S/c25-15-9-7-14(8-10-15)22-21-18(17-5-1-2-6-19(17)26-21)12-20-23(29)27(24(31)28(20)22)13-16-4-3-11-30-16/h1-2,5-10,16,20,22,26H,3-4,11-13H2/t16-,20+,22+/m0/s1. The fourth-order valence-corrected chi connectivity index (χ4v) is 5.80. The first kappa shape index (κ1) is 19.3. The largest absolute Gasteiger partial charge is 0.376 e. The molecule has 4 heterocycles. The third-order valence-electron chi connectivity index (χ3n) is 6.73. The number of benzene rings is 2. The zero-order valence-electron chi connectivity index (χ0n) is 16.9. The SMILES string of the molecule is O=C1[C@H]2Cc3c([nH]c4ccccc34)[C@@H](c3ccc(Cl)cc3)N2C(=S)N1C[C@@H]1CCCO1. The zero-order valence-corrected chi connectivity index (χ0v) is 18.5. The quantitative estimate of drug-likeness (QED) is 0.598. The van der Waals surface area contributed by atoms with Crippen molar-refractivity contribution in [3.8, 4) is 0 Å². The number of H-pyrrole nitrogens is 1. The summed E-state index contributed by atoms with van der Waals surface area (Å²) in [7, 11) is 0. The molecule has 2 fully saturated rings. The Balaban J connectivity index is 1.47. The van der Waals surface area contributed by atoms with Gasteiger partial charge in [-0.1, -0.05) is 41.9 Å². The highest BCUT2D eigenvalue weighted by Crippen LogP contribution is 2.44. The topological polar surface area (TPSA) is 48.6 Å². The van der Waals surface area contributed by atoms with Crippen molar-refractivity contribution in [1.82, 2.24) is 14.8 Å². The lowest BCUT2D eigenvalue weighted by molar-refractivity contribution is -0.129. The average Bonchev–Trinajstić information content (AvgIpc) is 3.48. The summed E-state index contributed by atoms with van der Waals surface area (Å²) in [5, 5.41) is 2.45. The highest BCUT2D eigenvalue weighted by Gasteiger charge is 2.50. The van der Waals surface area contributed by atoms with Crippen molar-refractivity contribution in [1.29, 1.82) is 0 Å². The maximum atomic E-state index is 13.5. The Morgan fingerprint density at radius 2 is 1.97 bits per heavy atom. The number of thiocarbonyl (C=S) groups is 1. The lowest BCUT2D eigenvalue weighted by atomic mass is 9.89. The molecule has 1 aromatic heterocycles. The van der Waals surface area contributed by atoms with Crippen LogP contribution in [0, 0.1) is 0 Å². The van der Waals surface area contributed by atoms with E-state index in [4.69, 9.17) is 28.6 Å². The van der Waals surface area contributed by atoms with Crippen LogP contribution in [0.1, 0.15) is 35.7 Å². The summed E-state index contributed by atoms with van der Waals surface area (Å²) in [6.07, 6.45) is 2.72. The molecule has 0 saturated carbocycles. The minimum Gasteiger partial charge on any atom is -0.376 e. The number of fused-ring (bicyclic) bond motifs is 4. The monoisotopic (exact) mass is 451 g/mol. The Labute approximate surface area is 190 Å². The second-order valence-electron chi connectivity index (χ2n) is 8.51. The van der Waals surface area contributed by atoms with Gasteiger partial charge in [-0.3, -0.25) is 9.69 Å². The van der Waals surface area contributed by atoms with Crippen molar-refractivity contribution < 1.29 is 9.53 Å². The molecule has 0 bridgehead atoms. The number of ether oxygens (including phenoxy) is 1. The second-order valence-corrected chi connectivity index (χ2v) is 9.31. The molecule has 2 saturated heterocycles. The van der Waals surface area contributed by atoms with Crippen LogP contribution in [0.15, 0.2) is 48.5 Å². The number of para-hydroxylation sites is 1. The minimum absolute atomic E-state index is 0.0656. The van der Waals surface area contributed by atoms with E-state index >= 15 is 0 Å². The Kier molecular flexibility index (Phi) is 4.56. The first-order chi connectivity index (χ1) is 15.1. The van der Waals surface area contributed by atoms with Crippen LogP contribution in [0.4, 0.5) is 0 Å². The number of aromatic nitrogens is 1. The molecule has 1 N–H and O–H groups in total. The molecular formula is C24H22ClN3O2S.